The van der Waals surface area contributed by atoms with Gasteiger partial charge in [0.1, 0.15) is 0 Å². The van der Waals surface area contributed by atoms with Crippen molar-refractivity contribution in [2.75, 3.05) is 0 Å². The molecule has 9 heavy (non-hydrogen) atoms. The van der Waals surface area contributed by atoms with Crippen molar-refractivity contribution in [3.63, 3.8) is 0 Å². The minimum absolute atomic E-state index is 0.426. The van der Waals surface area contributed by atoms with Crippen LogP contribution in [0.3, 0.4) is 0 Å². The van der Waals surface area contributed by atoms with E-state index in [1.54, 1.807) is 6.08 Å². The van der Waals surface area contributed by atoms with Crippen LogP contribution in [-0.4, -0.2) is 6.29 Å². The van der Waals surface area contributed by atoms with Gasteiger partial charge in [0.25, 0.3) is 0 Å². The molecule has 2 nitrogen and oxygen atoms in total. The lowest BCUT2D eigenvalue weighted by molar-refractivity contribution is -0.107. The smallest absolute Gasteiger partial charge is 0.184 e. The van der Waals surface area contributed by atoms with Crippen LogP contribution in [0.4, 0.5) is 0 Å². The first-order valence-corrected chi connectivity index (χ1v) is 2.83. The van der Waals surface area contributed by atoms with Crippen LogP contribution >= 0.6 is 0 Å². The standard InChI is InChI=1S/C7H8O2/c1-6-3-2-4-7(5-8)9-6/h3-5H,2H2,1H3. The molecular weight excluding hydrogens is 116 g/mol. The molecular formula is C7H8O2. The summed E-state index contributed by atoms with van der Waals surface area (Å²) in [4.78, 5) is 10.1. The van der Waals surface area contributed by atoms with Gasteiger partial charge in [-0.25, -0.2) is 0 Å². The van der Waals surface area contributed by atoms with Crippen molar-refractivity contribution in [3.05, 3.63) is 23.7 Å². The normalized spacial score (nSPS) is 17.4. The van der Waals surface area contributed by atoms with Gasteiger partial charge < -0.3 is 4.74 Å². The molecule has 1 aliphatic rings. The summed E-state index contributed by atoms with van der Waals surface area (Å²) < 4.78 is 4.99. The Bertz CT molecular complexity index is 177. The van der Waals surface area contributed by atoms with Crippen LogP contribution in [0.5, 0.6) is 0 Å². The highest BCUT2D eigenvalue weighted by Gasteiger charge is 2.00. The molecule has 48 valence electrons. The van der Waals surface area contributed by atoms with E-state index >= 15 is 0 Å². The van der Waals surface area contributed by atoms with E-state index < -0.39 is 0 Å². The molecule has 0 aromatic carbocycles. The Morgan fingerprint density at radius 1 is 1.67 bits per heavy atom. The van der Waals surface area contributed by atoms with Gasteiger partial charge in [0.05, 0.1) is 5.76 Å². The van der Waals surface area contributed by atoms with Gasteiger partial charge in [-0.15, -0.1) is 0 Å². The van der Waals surface area contributed by atoms with E-state index in [4.69, 9.17) is 4.74 Å². The predicted molar refractivity (Wildman–Crippen MR) is 33.6 cm³/mol. The van der Waals surface area contributed by atoms with E-state index in [0.717, 1.165) is 18.5 Å². The minimum Gasteiger partial charge on any atom is -0.459 e. The predicted octanol–water partition coefficient (Wildman–Crippen LogP) is 1.39. The highest BCUT2D eigenvalue weighted by Crippen LogP contribution is 2.11. The first-order chi connectivity index (χ1) is 4.33. The lowest BCUT2D eigenvalue weighted by atomic mass is 10.3. The van der Waals surface area contributed by atoms with E-state index in [2.05, 4.69) is 0 Å². The molecule has 1 heterocycles. The van der Waals surface area contributed by atoms with Crippen LogP contribution in [0.15, 0.2) is 23.7 Å². The Hall–Kier alpha value is -1.05. The minimum atomic E-state index is 0.426. The molecule has 0 radical (unpaired) electrons. The summed E-state index contributed by atoms with van der Waals surface area (Å²) in [5.74, 6) is 1.23. The average Bonchev–Trinajstić information content (AvgIpc) is 1.88. The number of aldehydes is 1. The monoisotopic (exact) mass is 124 g/mol. The maximum Gasteiger partial charge on any atom is 0.184 e. The van der Waals surface area contributed by atoms with Gasteiger partial charge in [0, 0.05) is 0 Å². The van der Waals surface area contributed by atoms with Gasteiger partial charge >= 0.3 is 0 Å². The second kappa shape index (κ2) is 2.49. The van der Waals surface area contributed by atoms with Gasteiger partial charge in [-0.1, -0.05) is 0 Å². The quantitative estimate of drug-likeness (QED) is 0.494. The maximum absolute atomic E-state index is 10.1. The third-order valence-corrected chi connectivity index (χ3v) is 1.12. The SMILES string of the molecule is CC1=CCC=C(C=O)O1. The first kappa shape index (κ1) is 6.08. The molecule has 0 unspecified atom stereocenters. The number of carbonyl (C=O) groups excluding carboxylic acids is 1. The lowest BCUT2D eigenvalue weighted by Gasteiger charge is -2.07. The van der Waals surface area contributed by atoms with Crippen LogP contribution in [-0.2, 0) is 9.53 Å². The Balaban J connectivity index is 2.61. The Labute approximate surface area is 53.8 Å². The molecule has 1 aliphatic heterocycles. The molecule has 0 aliphatic carbocycles. The second-order valence-electron chi connectivity index (χ2n) is 1.88. The van der Waals surface area contributed by atoms with Gasteiger partial charge in [-0.3, -0.25) is 4.79 Å². The fourth-order valence-electron chi connectivity index (χ4n) is 0.682. The number of allylic oxidation sites excluding steroid dienone is 4. The van der Waals surface area contributed by atoms with Crippen molar-refractivity contribution in [3.8, 4) is 0 Å². The molecule has 0 fully saturated rings. The summed E-state index contributed by atoms with van der Waals surface area (Å²) in [6, 6.07) is 0. The zero-order valence-corrected chi connectivity index (χ0v) is 5.26. The fraction of sp³-hybridized carbons (Fsp3) is 0.286. The summed E-state index contributed by atoms with van der Waals surface area (Å²) in [5.41, 5.74) is 0. The van der Waals surface area contributed by atoms with Crippen LogP contribution < -0.4 is 0 Å². The topological polar surface area (TPSA) is 26.3 Å². The van der Waals surface area contributed by atoms with Gasteiger partial charge in [0.15, 0.2) is 12.0 Å². The zero-order valence-electron chi connectivity index (χ0n) is 5.26. The van der Waals surface area contributed by atoms with Crippen molar-refractivity contribution in [2.24, 2.45) is 0 Å². The molecule has 0 amide bonds. The average molecular weight is 124 g/mol. The summed E-state index contributed by atoms with van der Waals surface area (Å²) >= 11 is 0. The molecule has 2 heteroatoms. The van der Waals surface area contributed by atoms with Crippen molar-refractivity contribution in [1.29, 1.82) is 0 Å². The summed E-state index contributed by atoms with van der Waals surface area (Å²) in [6.45, 7) is 1.83. The van der Waals surface area contributed by atoms with E-state index in [-0.39, 0.29) is 0 Å². The van der Waals surface area contributed by atoms with Crippen molar-refractivity contribution < 1.29 is 9.53 Å². The van der Waals surface area contributed by atoms with Gasteiger partial charge in [0.2, 0.25) is 0 Å². The summed E-state index contributed by atoms with van der Waals surface area (Å²) in [5, 5.41) is 0. The van der Waals surface area contributed by atoms with Crippen molar-refractivity contribution in [1.82, 2.24) is 0 Å². The largest absolute Gasteiger partial charge is 0.459 e. The number of hydrogen-bond acceptors (Lipinski definition) is 2. The fourth-order valence-corrected chi connectivity index (χ4v) is 0.682. The van der Waals surface area contributed by atoms with Crippen LogP contribution in [0.1, 0.15) is 13.3 Å². The van der Waals surface area contributed by atoms with Crippen molar-refractivity contribution in [2.45, 2.75) is 13.3 Å². The molecule has 0 aromatic rings. The number of ether oxygens (including phenoxy) is 1. The Kier molecular flexibility index (Phi) is 1.68. The van der Waals surface area contributed by atoms with Gasteiger partial charge in [-0.2, -0.15) is 0 Å². The highest BCUT2D eigenvalue weighted by atomic mass is 16.5. The molecule has 0 N–H and O–H groups in total. The van der Waals surface area contributed by atoms with Crippen LogP contribution in [0.2, 0.25) is 0 Å². The number of hydrogen-bond donors (Lipinski definition) is 0. The van der Waals surface area contributed by atoms with E-state index in [1.165, 1.54) is 0 Å². The third-order valence-electron chi connectivity index (χ3n) is 1.12. The molecule has 0 bridgehead atoms. The summed E-state index contributed by atoms with van der Waals surface area (Å²) in [7, 11) is 0. The van der Waals surface area contributed by atoms with Gasteiger partial charge in [-0.05, 0) is 25.5 Å². The molecule has 0 saturated heterocycles. The van der Waals surface area contributed by atoms with Crippen molar-refractivity contribution >= 4 is 6.29 Å². The molecule has 0 atom stereocenters. The lowest BCUT2D eigenvalue weighted by Crippen LogP contribution is -1.95. The Morgan fingerprint density at radius 3 is 2.89 bits per heavy atom. The third kappa shape index (κ3) is 1.42. The van der Waals surface area contributed by atoms with E-state index in [9.17, 15) is 4.79 Å². The second-order valence-corrected chi connectivity index (χ2v) is 1.88. The van der Waals surface area contributed by atoms with E-state index in [0.29, 0.717) is 5.76 Å². The maximum atomic E-state index is 10.1. The highest BCUT2D eigenvalue weighted by molar-refractivity contribution is 5.70. The Morgan fingerprint density at radius 2 is 2.44 bits per heavy atom. The zero-order chi connectivity index (χ0) is 6.69. The molecule has 1 rings (SSSR count). The molecule has 0 spiro atoms. The molecule has 0 aromatic heterocycles. The number of carbonyl (C=O) groups is 1. The van der Waals surface area contributed by atoms with E-state index in [1.807, 2.05) is 13.0 Å². The summed E-state index contributed by atoms with van der Waals surface area (Å²) in [6.07, 6.45) is 5.20. The molecule has 0 saturated carbocycles. The number of rotatable bonds is 1. The first-order valence-electron chi connectivity index (χ1n) is 2.83. The van der Waals surface area contributed by atoms with Crippen LogP contribution in [0, 0.1) is 0 Å². The van der Waals surface area contributed by atoms with Crippen LogP contribution in [0.25, 0.3) is 0 Å².